The van der Waals surface area contributed by atoms with Crippen LogP contribution in [-0.2, 0) is 4.79 Å². The predicted octanol–water partition coefficient (Wildman–Crippen LogP) is 0.0328. The Bertz CT molecular complexity index is 661. The van der Waals surface area contributed by atoms with Crippen molar-refractivity contribution in [3.8, 4) is 5.88 Å². The summed E-state index contributed by atoms with van der Waals surface area (Å²) >= 11 is 0. The molecule has 3 heterocycles. The third kappa shape index (κ3) is 3.38. The Morgan fingerprint density at radius 3 is 3.00 bits per heavy atom. The molecular formula is C14H19N7O2. The average Bonchev–Trinajstić information content (AvgIpc) is 3.16. The van der Waals surface area contributed by atoms with Crippen LogP contribution in [0.4, 0.5) is 5.82 Å². The highest BCUT2D eigenvalue weighted by Gasteiger charge is 2.36. The maximum Gasteiger partial charge on any atom is 0.218 e. The third-order valence-electron chi connectivity index (χ3n) is 3.70. The van der Waals surface area contributed by atoms with Crippen molar-refractivity contribution in [3.63, 3.8) is 0 Å². The SMILES string of the molecule is CCOc1cc(N2C[C@@H](NC(C)=O)[C@@H](n3ccnn3)C2)ncn1. The van der Waals surface area contributed by atoms with Crippen LogP contribution in [0, 0.1) is 0 Å². The monoisotopic (exact) mass is 317 g/mol. The topological polar surface area (TPSA) is 98.1 Å². The van der Waals surface area contributed by atoms with Crippen LogP contribution in [0.3, 0.4) is 0 Å². The van der Waals surface area contributed by atoms with Crippen LogP contribution in [-0.4, -0.2) is 56.6 Å². The molecule has 0 aromatic carbocycles. The fraction of sp³-hybridized carbons (Fsp3) is 0.500. The first-order valence-electron chi connectivity index (χ1n) is 7.50. The first kappa shape index (κ1) is 15.2. The maximum atomic E-state index is 11.5. The van der Waals surface area contributed by atoms with Crippen LogP contribution in [0.5, 0.6) is 5.88 Å². The number of anilines is 1. The first-order chi connectivity index (χ1) is 11.2. The third-order valence-corrected chi connectivity index (χ3v) is 3.70. The minimum Gasteiger partial charge on any atom is -0.478 e. The highest BCUT2D eigenvalue weighted by Crippen LogP contribution is 2.26. The van der Waals surface area contributed by atoms with Gasteiger partial charge in [-0.15, -0.1) is 5.10 Å². The van der Waals surface area contributed by atoms with E-state index in [4.69, 9.17) is 4.74 Å². The van der Waals surface area contributed by atoms with E-state index in [1.165, 1.54) is 13.3 Å². The number of rotatable bonds is 5. The fourth-order valence-corrected chi connectivity index (χ4v) is 2.77. The molecule has 23 heavy (non-hydrogen) atoms. The number of hydrogen-bond acceptors (Lipinski definition) is 7. The van der Waals surface area contributed by atoms with Crippen LogP contribution < -0.4 is 15.0 Å². The standard InChI is InChI=1S/C14H19N7O2/c1-3-23-14-6-13(15-9-16-14)20-7-11(18-10(2)22)12(8-20)21-5-4-17-19-21/h4-6,9,11-12H,3,7-8H2,1-2H3,(H,18,22)/t11-,12+/m1/s1. The lowest BCUT2D eigenvalue weighted by molar-refractivity contribution is -0.119. The maximum absolute atomic E-state index is 11.5. The van der Waals surface area contributed by atoms with Gasteiger partial charge in [-0.1, -0.05) is 5.21 Å². The van der Waals surface area contributed by atoms with Crippen LogP contribution in [0.15, 0.2) is 24.8 Å². The lowest BCUT2D eigenvalue weighted by atomic mass is 10.2. The van der Waals surface area contributed by atoms with Crippen molar-refractivity contribution in [2.75, 3.05) is 24.6 Å². The Balaban J connectivity index is 1.81. The van der Waals surface area contributed by atoms with Gasteiger partial charge in [0.1, 0.15) is 12.1 Å². The Morgan fingerprint density at radius 2 is 2.30 bits per heavy atom. The molecule has 2 aromatic heterocycles. The molecule has 0 aliphatic carbocycles. The Morgan fingerprint density at radius 1 is 1.43 bits per heavy atom. The second-order valence-corrected chi connectivity index (χ2v) is 5.31. The second-order valence-electron chi connectivity index (χ2n) is 5.31. The highest BCUT2D eigenvalue weighted by molar-refractivity contribution is 5.73. The van der Waals surface area contributed by atoms with E-state index in [0.29, 0.717) is 25.6 Å². The average molecular weight is 317 g/mol. The Kier molecular flexibility index (Phi) is 4.35. The summed E-state index contributed by atoms with van der Waals surface area (Å²) in [7, 11) is 0. The zero-order chi connectivity index (χ0) is 16.2. The van der Waals surface area contributed by atoms with Gasteiger partial charge in [0.15, 0.2) is 0 Å². The molecule has 0 saturated carbocycles. The van der Waals surface area contributed by atoms with Crippen LogP contribution in [0.25, 0.3) is 0 Å². The second kappa shape index (κ2) is 6.59. The molecule has 3 rings (SSSR count). The summed E-state index contributed by atoms with van der Waals surface area (Å²) in [5.41, 5.74) is 0. The van der Waals surface area contributed by atoms with Crippen LogP contribution in [0.1, 0.15) is 19.9 Å². The van der Waals surface area contributed by atoms with Gasteiger partial charge in [0, 0.05) is 32.3 Å². The van der Waals surface area contributed by atoms with E-state index in [-0.39, 0.29) is 18.0 Å². The van der Waals surface area contributed by atoms with E-state index in [0.717, 1.165) is 5.82 Å². The summed E-state index contributed by atoms with van der Waals surface area (Å²) in [6, 6.07) is 1.73. The minimum atomic E-state index is -0.0698. The quantitative estimate of drug-likeness (QED) is 0.831. The van der Waals surface area contributed by atoms with E-state index in [9.17, 15) is 4.79 Å². The van der Waals surface area contributed by atoms with Crippen molar-refractivity contribution in [1.82, 2.24) is 30.3 Å². The zero-order valence-corrected chi connectivity index (χ0v) is 13.1. The first-order valence-corrected chi connectivity index (χ1v) is 7.50. The zero-order valence-electron chi connectivity index (χ0n) is 13.1. The number of carbonyl (C=O) groups is 1. The highest BCUT2D eigenvalue weighted by atomic mass is 16.5. The molecule has 1 N–H and O–H groups in total. The molecule has 1 aliphatic heterocycles. The van der Waals surface area contributed by atoms with Gasteiger partial charge in [-0.25, -0.2) is 14.6 Å². The molecule has 1 saturated heterocycles. The van der Waals surface area contributed by atoms with Crippen molar-refractivity contribution in [1.29, 1.82) is 0 Å². The minimum absolute atomic E-state index is 0.00749. The van der Waals surface area contributed by atoms with Crippen molar-refractivity contribution < 1.29 is 9.53 Å². The molecule has 1 fully saturated rings. The molecule has 2 atom stereocenters. The van der Waals surface area contributed by atoms with E-state index in [1.54, 1.807) is 23.1 Å². The lowest BCUT2D eigenvalue weighted by Crippen LogP contribution is -2.40. The number of hydrogen-bond donors (Lipinski definition) is 1. The van der Waals surface area contributed by atoms with Gasteiger partial charge in [-0.05, 0) is 6.92 Å². The van der Waals surface area contributed by atoms with Gasteiger partial charge in [-0.3, -0.25) is 4.79 Å². The van der Waals surface area contributed by atoms with Gasteiger partial charge in [-0.2, -0.15) is 0 Å². The number of nitrogens with one attached hydrogen (secondary N) is 1. The fourth-order valence-electron chi connectivity index (χ4n) is 2.77. The Hall–Kier alpha value is -2.71. The number of carbonyl (C=O) groups excluding carboxylic acids is 1. The van der Waals surface area contributed by atoms with Gasteiger partial charge in [0.05, 0.1) is 24.9 Å². The Labute approximate surface area is 133 Å². The molecule has 9 nitrogen and oxygen atoms in total. The van der Waals surface area contributed by atoms with E-state index >= 15 is 0 Å². The molecule has 0 radical (unpaired) electrons. The van der Waals surface area contributed by atoms with E-state index in [1.807, 2.05) is 6.92 Å². The summed E-state index contributed by atoms with van der Waals surface area (Å²) in [6.07, 6.45) is 4.91. The normalized spacial score (nSPS) is 20.5. The summed E-state index contributed by atoms with van der Waals surface area (Å²) < 4.78 is 7.19. The summed E-state index contributed by atoms with van der Waals surface area (Å²) in [6.45, 7) is 5.26. The molecule has 1 amide bonds. The molecule has 0 spiro atoms. The molecule has 122 valence electrons. The molecule has 0 unspecified atom stereocenters. The summed E-state index contributed by atoms with van der Waals surface area (Å²) in [5.74, 6) is 1.24. The van der Waals surface area contributed by atoms with Crippen molar-refractivity contribution in [3.05, 3.63) is 24.8 Å². The van der Waals surface area contributed by atoms with Gasteiger partial charge in [0.2, 0.25) is 11.8 Å². The largest absolute Gasteiger partial charge is 0.478 e. The molecule has 2 aromatic rings. The van der Waals surface area contributed by atoms with Crippen molar-refractivity contribution in [2.45, 2.75) is 25.9 Å². The summed E-state index contributed by atoms with van der Waals surface area (Å²) in [5, 5.41) is 10.9. The summed E-state index contributed by atoms with van der Waals surface area (Å²) in [4.78, 5) is 21.9. The van der Waals surface area contributed by atoms with E-state index in [2.05, 4.69) is 30.5 Å². The van der Waals surface area contributed by atoms with Crippen LogP contribution in [0.2, 0.25) is 0 Å². The number of ether oxygens (including phenoxy) is 1. The van der Waals surface area contributed by atoms with Crippen molar-refractivity contribution in [2.24, 2.45) is 0 Å². The number of amides is 1. The van der Waals surface area contributed by atoms with Gasteiger partial charge in [0.25, 0.3) is 0 Å². The lowest BCUT2D eigenvalue weighted by Gasteiger charge is -2.18. The molecular weight excluding hydrogens is 298 g/mol. The smallest absolute Gasteiger partial charge is 0.218 e. The molecule has 9 heteroatoms. The van der Waals surface area contributed by atoms with Crippen molar-refractivity contribution >= 4 is 11.7 Å². The molecule has 0 bridgehead atoms. The number of aromatic nitrogens is 5. The predicted molar refractivity (Wildman–Crippen MR) is 82.1 cm³/mol. The number of nitrogens with zero attached hydrogens (tertiary/aromatic N) is 6. The van der Waals surface area contributed by atoms with E-state index < -0.39 is 0 Å². The van der Waals surface area contributed by atoms with Crippen LogP contribution >= 0.6 is 0 Å². The molecule has 1 aliphatic rings. The van der Waals surface area contributed by atoms with Gasteiger partial charge >= 0.3 is 0 Å². The van der Waals surface area contributed by atoms with Gasteiger partial charge < -0.3 is 15.0 Å².